The van der Waals surface area contributed by atoms with Gasteiger partial charge in [0.2, 0.25) is 5.88 Å². The molecule has 2 N–H and O–H groups in total. The van der Waals surface area contributed by atoms with Crippen molar-refractivity contribution < 1.29 is 32.2 Å². The van der Waals surface area contributed by atoms with Crippen LogP contribution in [0.25, 0.3) is 5.82 Å². The van der Waals surface area contributed by atoms with Gasteiger partial charge in [0.1, 0.15) is 37.3 Å². The number of halogens is 4. The Morgan fingerprint density at radius 1 is 1.09 bits per heavy atom. The number of amides is 2. The molecule has 1 aliphatic heterocycles. The van der Waals surface area contributed by atoms with Crippen molar-refractivity contribution in [1.82, 2.24) is 29.4 Å². The Balaban J connectivity index is 1.06. The molecule has 5 rings (SSSR count). The Bertz CT molecular complexity index is 1790. The Kier molecular flexibility index (Phi) is 12.0. The van der Waals surface area contributed by atoms with Gasteiger partial charge >= 0.3 is 12.3 Å². The number of ether oxygens (including phenoxy) is 2. The number of pyridine rings is 2. The van der Waals surface area contributed by atoms with E-state index in [0.29, 0.717) is 35.7 Å². The molecule has 53 heavy (non-hydrogen) atoms. The summed E-state index contributed by atoms with van der Waals surface area (Å²) in [5.74, 6) is 1.16. The Morgan fingerprint density at radius 2 is 1.83 bits per heavy atom. The summed E-state index contributed by atoms with van der Waals surface area (Å²) < 4.78 is 55.9. The predicted octanol–water partition coefficient (Wildman–Crippen LogP) is 6.47. The minimum absolute atomic E-state index is 0.0131. The van der Waals surface area contributed by atoms with Gasteiger partial charge in [0, 0.05) is 42.8 Å². The van der Waals surface area contributed by atoms with Gasteiger partial charge in [-0.1, -0.05) is 22.9 Å². The lowest BCUT2D eigenvalue weighted by Crippen LogP contribution is -2.45. The van der Waals surface area contributed by atoms with Crippen LogP contribution in [-0.4, -0.2) is 89.4 Å². The molecule has 1 atom stereocenters. The van der Waals surface area contributed by atoms with E-state index in [0.717, 1.165) is 31.2 Å². The van der Waals surface area contributed by atoms with Crippen molar-refractivity contribution >= 4 is 57.1 Å². The van der Waals surface area contributed by atoms with Gasteiger partial charge in [-0.25, -0.2) is 19.4 Å². The molecule has 0 aromatic carbocycles. The SMILES string of the molecule is BC(B)(COc1ccn(-c2ccc(C(=O)NSc3cccc(NCCCC4CN(C(=O)OC(C)(C)C)C(C)(C)C4)n3)c(Cl)n2)n1)CC1(C(F)(F)F)CC1. The van der Waals surface area contributed by atoms with Crippen molar-refractivity contribution in [3.63, 3.8) is 0 Å². The van der Waals surface area contributed by atoms with Gasteiger partial charge < -0.3 is 19.7 Å². The van der Waals surface area contributed by atoms with Crippen LogP contribution in [0.3, 0.4) is 0 Å². The second-order valence-electron chi connectivity index (χ2n) is 16.5. The first-order chi connectivity index (χ1) is 24.7. The van der Waals surface area contributed by atoms with Gasteiger partial charge in [-0.05, 0) is 103 Å². The van der Waals surface area contributed by atoms with E-state index in [1.807, 2.05) is 37.8 Å². The third-order valence-electron chi connectivity index (χ3n) is 9.40. The van der Waals surface area contributed by atoms with Crippen LogP contribution in [0.15, 0.2) is 47.6 Å². The predicted molar refractivity (Wildman–Crippen MR) is 204 cm³/mol. The lowest BCUT2D eigenvalue weighted by molar-refractivity contribution is -0.190. The van der Waals surface area contributed by atoms with Gasteiger partial charge in [-0.3, -0.25) is 9.52 Å². The van der Waals surface area contributed by atoms with Crippen LogP contribution in [0.4, 0.5) is 23.8 Å². The van der Waals surface area contributed by atoms with Crippen LogP contribution in [0.1, 0.15) is 83.5 Å². The number of nitrogens with zero attached hydrogens (tertiary/aromatic N) is 5. The van der Waals surface area contributed by atoms with E-state index >= 15 is 0 Å². The molecule has 4 heterocycles. The zero-order valence-corrected chi connectivity index (χ0v) is 32.8. The fraction of sp³-hybridized carbons (Fsp3) is 0.571. The van der Waals surface area contributed by atoms with Crippen molar-refractivity contribution in [3.8, 4) is 11.7 Å². The molecule has 0 spiro atoms. The maximum absolute atomic E-state index is 13.5. The average Bonchev–Trinajstić information content (AvgIpc) is 3.55. The summed E-state index contributed by atoms with van der Waals surface area (Å²) in [6, 6.07) is 10.2. The zero-order valence-electron chi connectivity index (χ0n) is 31.3. The summed E-state index contributed by atoms with van der Waals surface area (Å²) >= 11 is 7.45. The van der Waals surface area contributed by atoms with Gasteiger partial charge in [0.05, 0.1) is 17.6 Å². The highest BCUT2D eigenvalue weighted by molar-refractivity contribution is 7.97. The highest BCUT2D eigenvalue weighted by atomic mass is 35.5. The number of nitrogens with one attached hydrogen (secondary N) is 2. The third kappa shape index (κ3) is 10.8. The van der Waals surface area contributed by atoms with E-state index in [1.165, 1.54) is 10.7 Å². The maximum atomic E-state index is 13.5. The smallest absolute Gasteiger partial charge is 0.410 e. The number of carbonyl (C=O) groups excluding carboxylic acids is 2. The molecule has 1 saturated heterocycles. The fourth-order valence-electron chi connectivity index (χ4n) is 6.73. The van der Waals surface area contributed by atoms with Gasteiger partial charge in [0.15, 0.2) is 5.82 Å². The summed E-state index contributed by atoms with van der Waals surface area (Å²) in [7, 11) is 3.51. The van der Waals surface area contributed by atoms with E-state index in [2.05, 4.69) is 39.0 Å². The molecule has 2 aliphatic rings. The summed E-state index contributed by atoms with van der Waals surface area (Å²) in [5.41, 5.74) is -2.25. The normalized spacial score (nSPS) is 18.1. The van der Waals surface area contributed by atoms with Gasteiger partial charge in [-0.15, -0.1) is 5.10 Å². The molecule has 0 radical (unpaired) electrons. The van der Waals surface area contributed by atoms with E-state index in [9.17, 15) is 22.8 Å². The number of hydrogen-bond donors (Lipinski definition) is 2. The molecule has 3 aromatic heterocycles. The molecule has 0 bridgehead atoms. The van der Waals surface area contributed by atoms with Crippen molar-refractivity contribution in [2.45, 2.75) is 101 Å². The first kappa shape index (κ1) is 40.6. The molecule has 2 fully saturated rings. The molecule has 286 valence electrons. The van der Waals surface area contributed by atoms with Crippen LogP contribution in [0, 0.1) is 11.3 Å². The Hall–Kier alpha value is -3.59. The largest absolute Gasteiger partial charge is 0.478 e. The maximum Gasteiger partial charge on any atom is 0.410 e. The van der Waals surface area contributed by atoms with E-state index in [1.54, 1.807) is 40.1 Å². The molecular formula is C35H47B2ClF3N7O4S. The first-order valence-electron chi connectivity index (χ1n) is 17.8. The van der Waals surface area contributed by atoms with Crippen LogP contribution in [0.5, 0.6) is 5.88 Å². The second-order valence-corrected chi connectivity index (χ2v) is 17.6. The summed E-state index contributed by atoms with van der Waals surface area (Å²) in [4.78, 5) is 36.5. The minimum atomic E-state index is -4.22. The average molecular weight is 776 g/mol. The summed E-state index contributed by atoms with van der Waals surface area (Å²) in [6.45, 7) is 11.2. The van der Waals surface area contributed by atoms with Crippen LogP contribution >= 0.6 is 23.5 Å². The topological polar surface area (TPSA) is 124 Å². The van der Waals surface area contributed by atoms with Crippen molar-refractivity contribution in [3.05, 3.63) is 53.3 Å². The number of anilines is 1. The summed E-state index contributed by atoms with van der Waals surface area (Å²) in [5, 5.41) is 7.51. The molecule has 1 aliphatic carbocycles. The molecule has 11 nitrogen and oxygen atoms in total. The van der Waals surface area contributed by atoms with Crippen LogP contribution in [0.2, 0.25) is 10.4 Å². The number of carbonyl (C=O) groups is 2. The molecule has 2 amide bonds. The number of alkyl halides is 3. The van der Waals surface area contributed by atoms with Gasteiger partial charge in [-0.2, -0.15) is 13.2 Å². The molecule has 1 unspecified atom stereocenters. The fourth-order valence-corrected chi connectivity index (χ4v) is 7.56. The lowest BCUT2D eigenvalue weighted by Gasteiger charge is -2.33. The standard InChI is InChI=1S/C35H47B2ClF3N7O4S/c1-31(2,3)52-30(50)47-19-22(18-32(47,4)5)8-7-16-42-24-9-6-10-27(43-24)53-46-29(49)23-11-12-25(44-28(23)38)48-17-13-26(45-48)51-21-34(36,37)20-33(14-15-33)35(39,40)41/h6,9-13,17,22H,7-8,14-16,18-21,36-37H2,1-5H3,(H,42,43)(H,46,49). The van der Waals surface area contributed by atoms with Crippen molar-refractivity contribution in [1.29, 1.82) is 0 Å². The van der Waals surface area contributed by atoms with E-state index in [-0.39, 0.29) is 54.1 Å². The lowest BCUT2D eigenvalue weighted by atomic mass is 9.51. The quantitative estimate of drug-likeness (QED) is 0.0821. The van der Waals surface area contributed by atoms with Crippen LogP contribution < -0.4 is 14.8 Å². The molecule has 3 aromatic rings. The number of likely N-dealkylation sites (tertiary alicyclic amines) is 1. The highest BCUT2D eigenvalue weighted by Crippen LogP contribution is 2.63. The minimum Gasteiger partial charge on any atom is -0.478 e. The Morgan fingerprint density at radius 3 is 2.49 bits per heavy atom. The number of aromatic nitrogens is 4. The van der Waals surface area contributed by atoms with Crippen LogP contribution in [-0.2, 0) is 4.74 Å². The van der Waals surface area contributed by atoms with Crippen molar-refractivity contribution in [2.24, 2.45) is 11.3 Å². The highest BCUT2D eigenvalue weighted by Gasteiger charge is 2.64. The van der Waals surface area contributed by atoms with E-state index in [4.69, 9.17) is 21.1 Å². The second kappa shape index (κ2) is 15.6. The number of hydrogen-bond acceptors (Lipinski definition) is 9. The third-order valence-corrected chi connectivity index (χ3v) is 10.4. The van der Waals surface area contributed by atoms with Crippen molar-refractivity contribution in [2.75, 3.05) is 25.0 Å². The Labute approximate surface area is 319 Å². The van der Waals surface area contributed by atoms with E-state index < -0.39 is 28.3 Å². The molecule has 1 saturated carbocycles. The first-order valence-corrected chi connectivity index (χ1v) is 19.0. The molecular weight excluding hydrogens is 729 g/mol. The van der Waals surface area contributed by atoms with Gasteiger partial charge in [0.25, 0.3) is 5.91 Å². The monoisotopic (exact) mass is 775 g/mol. The summed E-state index contributed by atoms with van der Waals surface area (Å²) in [6.07, 6.45) is 0.161. The number of rotatable bonds is 14. The zero-order chi connectivity index (χ0) is 38.8. The molecule has 18 heteroatoms.